The van der Waals surface area contributed by atoms with E-state index in [4.69, 9.17) is 15.0 Å². The zero-order chi connectivity index (χ0) is 13.3. The molecule has 0 radical (unpaired) electrons. The first-order valence-corrected chi connectivity index (χ1v) is 7.38. The molecule has 2 fully saturated rings. The fraction of sp³-hybridized carbons (Fsp3) is 0.857. The van der Waals surface area contributed by atoms with Gasteiger partial charge >= 0.3 is 0 Å². The molecular weight excluding hydrogens is 242 g/mol. The molecule has 0 spiro atoms. The van der Waals surface area contributed by atoms with Gasteiger partial charge in [-0.15, -0.1) is 0 Å². The lowest BCUT2D eigenvalue weighted by molar-refractivity contribution is 0.0830. The molecule has 0 bridgehead atoms. The molecule has 5 nitrogen and oxygen atoms in total. The van der Waals surface area contributed by atoms with Crippen LogP contribution in [0.4, 0.5) is 0 Å². The topological polar surface area (TPSA) is 74.2 Å². The molecule has 19 heavy (non-hydrogen) atoms. The summed E-state index contributed by atoms with van der Waals surface area (Å²) in [5.41, 5.74) is 6.06. The van der Waals surface area contributed by atoms with E-state index in [0.29, 0.717) is 11.8 Å². The number of hydrogen-bond donors (Lipinski definition) is 1. The smallest absolute Gasteiger partial charge is 0.246 e. The van der Waals surface area contributed by atoms with Gasteiger partial charge in [0.2, 0.25) is 5.89 Å². The maximum absolute atomic E-state index is 6.46. The number of ether oxygens (including phenoxy) is 1. The lowest BCUT2D eigenvalue weighted by atomic mass is 9.78. The SMILES string of the molecule is CC1CCC(N)(c2nc(C3CCOCC3)no2)CC1. The van der Waals surface area contributed by atoms with Gasteiger partial charge in [0.05, 0.1) is 5.54 Å². The molecule has 2 aliphatic rings. The standard InChI is InChI=1S/C14H23N3O2/c1-10-2-6-14(15,7-3-10)13-16-12(17-19-13)11-4-8-18-9-5-11/h10-11H,2-9,15H2,1H3. The molecule has 3 rings (SSSR count). The normalized spacial score (nSPS) is 33.5. The second-order valence-electron chi connectivity index (χ2n) is 6.18. The van der Waals surface area contributed by atoms with Gasteiger partial charge in [0.1, 0.15) is 0 Å². The van der Waals surface area contributed by atoms with Gasteiger partial charge in [0, 0.05) is 19.1 Å². The van der Waals surface area contributed by atoms with Crippen LogP contribution in [0.15, 0.2) is 4.52 Å². The van der Waals surface area contributed by atoms with Crippen LogP contribution in [0.25, 0.3) is 0 Å². The molecule has 2 heterocycles. The summed E-state index contributed by atoms with van der Waals surface area (Å²) >= 11 is 0. The minimum absolute atomic E-state index is 0.373. The molecular formula is C14H23N3O2. The Morgan fingerprint density at radius 1 is 1.16 bits per heavy atom. The molecule has 1 saturated carbocycles. The molecule has 2 N–H and O–H groups in total. The highest BCUT2D eigenvalue weighted by molar-refractivity contribution is 5.06. The summed E-state index contributed by atoms with van der Waals surface area (Å²) in [4.78, 5) is 4.60. The molecule has 1 aromatic heterocycles. The zero-order valence-electron chi connectivity index (χ0n) is 11.6. The molecule has 1 aliphatic carbocycles. The Hall–Kier alpha value is -0.940. The van der Waals surface area contributed by atoms with Crippen molar-refractivity contribution in [1.29, 1.82) is 0 Å². The Labute approximate surface area is 113 Å². The minimum Gasteiger partial charge on any atom is -0.381 e. The van der Waals surface area contributed by atoms with Crippen LogP contribution >= 0.6 is 0 Å². The van der Waals surface area contributed by atoms with Crippen molar-refractivity contribution in [3.63, 3.8) is 0 Å². The van der Waals surface area contributed by atoms with Crippen LogP contribution in [-0.2, 0) is 10.3 Å². The number of aromatic nitrogens is 2. The zero-order valence-corrected chi connectivity index (χ0v) is 11.6. The van der Waals surface area contributed by atoms with Gasteiger partial charge < -0.3 is 15.0 Å². The van der Waals surface area contributed by atoms with Crippen LogP contribution in [0.5, 0.6) is 0 Å². The summed E-state index contributed by atoms with van der Waals surface area (Å²) in [6.07, 6.45) is 6.14. The molecule has 1 saturated heterocycles. The van der Waals surface area contributed by atoms with Gasteiger partial charge in [0.15, 0.2) is 5.82 Å². The lowest BCUT2D eigenvalue weighted by Gasteiger charge is -2.32. The first-order chi connectivity index (χ1) is 9.17. The van der Waals surface area contributed by atoms with E-state index in [1.54, 1.807) is 0 Å². The third-order valence-electron chi connectivity index (χ3n) is 4.62. The van der Waals surface area contributed by atoms with E-state index in [0.717, 1.165) is 63.5 Å². The van der Waals surface area contributed by atoms with E-state index < -0.39 is 5.54 Å². The van der Waals surface area contributed by atoms with Crippen molar-refractivity contribution in [2.45, 2.75) is 56.9 Å². The first kappa shape index (κ1) is 13.1. The molecule has 0 aromatic carbocycles. The second-order valence-corrected chi connectivity index (χ2v) is 6.18. The van der Waals surface area contributed by atoms with Gasteiger partial charge in [-0.25, -0.2) is 0 Å². The summed E-state index contributed by atoms with van der Waals surface area (Å²) in [5, 5.41) is 4.16. The largest absolute Gasteiger partial charge is 0.381 e. The number of nitrogens with zero attached hydrogens (tertiary/aromatic N) is 2. The monoisotopic (exact) mass is 265 g/mol. The van der Waals surface area contributed by atoms with Crippen molar-refractivity contribution in [2.75, 3.05) is 13.2 Å². The highest BCUT2D eigenvalue weighted by Crippen LogP contribution is 2.37. The molecule has 0 atom stereocenters. The summed E-state index contributed by atoms with van der Waals surface area (Å²) in [6.45, 7) is 3.86. The van der Waals surface area contributed by atoms with Gasteiger partial charge in [-0.1, -0.05) is 12.1 Å². The van der Waals surface area contributed by atoms with E-state index in [2.05, 4.69) is 17.1 Å². The third-order valence-corrected chi connectivity index (χ3v) is 4.62. The van der Waals surface area contributed by atoms with E-state index in [1.165, 1.54) is 0 Å². The highest BCUT2D eigenvalue weighted by Gasteiger charge is 2.37. The molecule has 0 unspecified atom stereocenters. The van der Waals surface area contributed by atoms with Crippen molar-refractivity contribution >= 4 is 0 Å². The number of hydrogen-bond acceptors (Lipinski definition) is 5. The van der Waals surface area contributed by atoms with Crippen molar-refractivity contribution < 1.29 is 9.26 Å². The Morgan fingerprint density at radius 3 is 2.53 bits per heavy atom. The Balaban J connectivity index is 1.73. The van der Waals surface area contributed by atoms with Gasteiger partial charge in [-0.3, -0.25) is 0 Å². The maximum atomic E-state index is 6.46. The van der Waals surface area contributed by atoms with Crippen LogP contribution < -0.4 is 5.73 Å². The van der Waals surface area contributed by atoms with Gasteiger partial charge in [-0.2, -0.15) is 4.98 Å². The van der Waals surface area contributed by atoms with E-state index >= 15 is 0 Å². The first-order valence-electron chi connectivity index (χ1n) is 7.38. The molecule has 1 aliphatic heterocycles. The number of nitrogens with two attached hydrogens (primary N) is 1. The van der Waals surface area contributed by atoms with Crippen LogP contribution in [0.1, 0.15) is 63.1 Å². The average molecular weight is 265 g/mol. The van der Waals surface area contributed by atoms with Crippen LogP contribution in [0, 0.1) is 5.92 Å². The fourth-order valence-electron chi connectivity index (χ4n) is 3.05. The van der Waals surface area contributed by atoms with E-state index in [1.807, 2.05) is 0 Å². The van der Waals surface area contributed by atoms with Crippen molar-refractivity contribution in [3.8, 4) is 0 Å². The maximum Gasteiger partial charge on any atom is 0.246 e. The van der Waals surface area contributed by atoms with E-state index in [-0.39, 0.29) is 0 Å². The van der Waals surface area contributed by atoms with Crippen LogP contribution in [0.3, 0.4) is 0 Å². The second kappa shape index (κ2) is 5.21. The fourth-order valence-corrected chi connectivity index (χ4v) is 3.05. The Morgan fingerprint density at radius 2 is 1.84 bits per heavy atom. The van der Waals surface area contributed by atoms with Crippen molar-refractivity contribution in [1.82, 2.24) is 10.1 Å². The predicted molar refractivity (Wildman–Crippen MR) is 70.6 cm³/mol. The molecule has 106 valence electrons. The van der Waals surface area contributed by atoms with Crippen LogP contribution in [-0.4, -0.2) is 23.4 Å². The average Bonchev–Trinajstić information content (AvgIpc) is 2.94. The van der Waals surface area contributed by atoms with Gasteiger partial charge in [-0.05, 0) is 44.4 Å². The van der Waals surface area contributed by atoms with E-state index in [9.17, 15) is 0 Å². The molecule has 1 aromatic rings. The third kappa shape index (κ3) is 2.67. The quantitative estimate of drug-likeness (QED) is 0.888. The lowest BCUT2D eigenvalue weighted by Crippen LogP contribution is -2.40. The summed E-state index contributed by atoms with van der Waals surface area (Å²) < 4.78 is 10.8. The van der Waals surface area contributed by atoms with Crippen LogP contribution in [0.2, 0.25) is 0 Å². The summed E-state index contributed by atoms with van der Waals surface area (Å²) in [7, 11) is 0. The summed E-state index contributed by atoms with van der Waals surface area (Å²) in [5.74, 6) is 2.59. The predicted octanol–water partition coefficient (Wildman–Crippen LogP) is 2.33. The molecule has 0 amide bonds. The van der Waals surface area contributed by atoms with Crippen molar-refractivity contribution in [3.05, 3.63) is 11.7 Å². The number of rotatable bonds is 2. The Kier molecular flexibility index (Phi) is 3.58. The highest BCUT2D eigenvalue weighted by atomic mass is 16.5. The van der Waals surface area contributed by atoms with Gasteiger partial charge in [0.25, 0.3) is 0 Å². The summed E-state index contributed by atoms with van der Waals surface area (Å²) in [6, 6.07) is 0. The molecule has 5 heteroatoms. The van der Waals surface area contributed by atoms with Crippen molar-refractivity contribution in [2.24, 2.45) is 11.7 Å². The Bertz CT molecular complexity index is 418. The minimum atomic E-state index is -0.400.